The van der Waals surface area contributed by atoms with Crippen molar-refractivity contribution in [1.82, 2.24) is 20.1 Å². The van der Waals surface area contributed by atoms with Crippen molar-refractivity contribution in [2.75, 3.05) is 0 Å². The molecule has 0 aliphatic carbocycles. The van der Waals surface area contributed by atoms with E-state index in [1.54, 1.807) is 29.5 Å². The normalized spacial score (nSPS) is 11.8. The van der Waals surface area contributed by atoms with Gasteiger partial charge in [0.25, 0.3) is 0 Å². The van der Waals surface area contributed by atoms with Gasteiger partial charge in [-0.15, -0.1) is 0 Å². The molecular formula is C13H17ClN4. The molecule has 4 nitrogen and oxygen atoms in total. The van der Waals surface area contributed by atoms with Gasteiger partial charge in [0.15, 0.2) is 0 Å². The highest BCUT2D eigenvalue weighted by molar-refractivity contribution is 6.30. The molecule has 96 valence electrons. The van der Waals surface area contributed by atoms with Crippen LogP contribution in [0.15, 0.2) is 30.9 Å². The fraction of sp³-hybridized carbons (Fsp3) is 0.385. The minimum atomic E-state index is 0.0717. The van der Waals surface area contributed by atoms with Crippen LogP contribution in [0.2, 0.25) is 5.02 Å². The van der Waals surface area contributed by atoms with Gasteiger partial charge in [0.1, 0.15) is 0 Å². The number of pyridine rings is 1. The lowest BCUT2D eigenvalue weighted by molar-refractivity contribution is 0.423. The van der Waals surface area contributed by atoms with Crippen molar-refractivity contribution in [2.45, 2.75) is 32.9 Å². The quantitative estimate of drug-likeness (QED) is 0.927. The van der Waals surface area contributed by atoms with E-state index >= 15 is 0 Å². The van der Waals surface area contributed by atoms with Crippen molar-refractivity contribution >= 4 is 11.6 Å². The Morgan fingerprint density at radius 1 is 1.33 bits per heavy atom. The van der Waals surface area contributed by atoms with Gasteiger partial charge in [0.2, 0.25) is 0 Å². The predicted octanol–water partition coefficient (Wildman–Crippen LogP) is 2.81. The lowest BCUT2D eigenvalue weighted by Crippen LogP contribution is -2.35. The molecule has 0 aromatic carbocycles. The Labute approximate surface area is 112 Å². The molecule has 0 radical (unpaired) electrons. The fourth-order valence-electron chi connectivity index (χ4n) is 1.56. The first kappa shape index (κ1) is 13.1. The van der Waals surface area contributed by atoms with Gasteiger partial charge >= 0.3 is 0 Å². The van der Waals surface area contributed by atoms with Crippen molar-refractivity contribution in [1.29, 1.82) is 0 Å². The van der Waals surface area contributed by atoms with E-state index in [9.17, 15) is 0 Å². The molecule has 18 heavy (non-hydrogen) atoms. The lowest BCUT2D eigenvalue weighted by Gasteiger charge is -2.21. The molecule has 0 fully saturated rings. The Kier molecular flexibility index (Phi) is 3.68. The van der Waals surface area contributed by atoms with Gasteiger partial charge in [-0.05, 0) is 32.4 Å². The molecule has 0 spiro atoms. The highest BCUT2D eigenvalue weighted by Crippen LogP contribution is 2.16. The van der Waals surface area contributed by atoms with E-state index in [-0.39, 0.29) is 5.54 Å². The lowest BCUT2D eigenvalue weighted by atomic mass is 10.1. The van der Waals surface area contributed by atoms with Crippen LogP contribution in [0.1, 0.15) is 26.3 Å². The number of aromatic nitrogens is 3. The van der Waals surface area contributed by atoms with Gasteiger partial charge in [0, 0.05) is 24.5 Å². The van der Waals surface area contributed by atoms with E-state index in [0.29, 0.717) is 5.02 Å². The van der Waals surface area contributed by atoms with Gasteiger partial charge in [-0.25, -0.2) is 4.68 Å². The maximum atomic E-state index is 5.89. The fourth-order valence-corrected chi connectivity index (χ4v) is 1.70. The molecule has 2 aromatic heterocycles. The maximum Gasteiger partial charge on any atom is 0.0874 e. The highest BCUT2D eigenvalue weighted by Gasteiger charge is 2.11. The Hall–Kier alpha value is -1.39. The predicted molar refractivity (Wildman–Crippen MR) is 73.0 cm³/mol. The second-order valence-electron chi connectivity index (χ2n) is 5.21. The zero-order chi connectivity index (χ0) is 13.2. The molecule has 0 atom stereocenters. The number of hydrogen-bond acceptors (Lipinski definition) is 3. The Bertz CT molecular complexity index is 528. The first-order chi connectivity index (χ1) is 8.46. The van der Waals surface area contributed by atoms with Crippen molar-refractivity contribution in [3.8, 4) is 5.69 Å². The van der Waals surface area contributed by atoms with Crippen LogP contribution in [0.3, 0.4) is 0 Å². The molecule has 0 saturated carbocycles. The average Bonchev–Trinajstić information content (AvgIpc) is 2.72. The molecule has 0 bridgehead atoms. The Morgan fingerprint density at radius 2 is 2.11 bits per heavy atom. The minimum Gasteiger partial charge on any atom is -0.308 e. The second kappa shape index (κ2) is 5.08. The summed E-state index contributed by atoms with van der Waals surface area (Å²) in [6.45, 7) is 7.18. The molecule has 0 amide bonds. The SMILES string of the molecule is CC(C)(C)NCc1ccncc1-n1cc(Cl)cn1. The van der Waals surface area contributed by atoms with Crippen molar-refractivity contribution in [2.24, 2.45) is 0 Å². The third kappa shape index (κ3) is 3.31. The number of hydrogen-bond donors (Lipinski definition) is 1. The van der Waals surface area contributed by atoms with Gasteiger partial charge < -0.3 is 5.32 Å². The maximum absolute atomic E-state index is 5.89. The molecular weight excluding hydrogens is 248 g/mol. The van der Waals surface area contributed by atoms with E-state index in [4.69, 9.17) is 11.6 Å². The number of nitrogens with zero attached hydrogens (tertiary/aromatic N) is 3. The summed E-state index contributed by atoms with van der Waals surface area (Å²) in [5.41, 5.74) is 2.16. The van der Waals surface area contributed by atoms with Crippen LogP contribution in [-0.4, -0.2) is 20.3 Å². The van der Waals surface area contributed by atoms with Crippen molar-refractivity contribution < 1.29 is 0 Å². The molecule has 2 heterocycles. The Morgan fingerprint density at radius 3 is 2.72 bits per heavy atom. The van der Waals surface area contributed by atoms with Crippen LogP contribution in [0, 0.1) is 0 Å². The van der Waals surface area contributed by atoms with Gasteiger partial charge in [-0.3, -0.25) is 4.98 Å². The molecule has 1 N–H and O–H groups in total. The summed E-state index contributed by atoms with van der Waals surface area (Å²) in [4.78, 5) is 4.14. The largest absolute Gasteiger partial charge is 0.308 e. The Balaban J connectivity index is 2.26. The van der Waals surface area contributed by atoms with Crippen LogP contribution >= 0.6 is 11.6 Å². The minimum absolute atomic E-state index is 0.0717. The third-order valence-electron chi connectivity index (χ3n) is 2.49. The molecule has 5 heteroatoms. The summed E-state index contributed by atoms with van der Waals surface area (Å²) in [6.07, 6.45) is 6.98. The van der Waals surface area contributed by atoms with Crippen LogP contribution in [0.25, 0.3) is 5.69 Å². The summed E-state index contributed by atoms with van der Waals surface area (Å²) >= 11 is 5.89. The summed E-state index contributed by atoms with van der Waals surface area (Å²) < 4.78 is 1.75. The zero-order valence-electron chi connectivity index (χ0n) is 10.8. The highest BCUT2D eigenvalue weighted by atomic mass is 35.5. The van der Waals surface area contributed by atoms with Crippen molar-refractivity contribution in [3.63, 3.8) is 0 Å². The summed E-state index contributed by atoms with van der Waals surface area (Å²) in [7, 11) is 0. The number of halogens is 1. The van der Waals surface area contributed by atoms with Crippen molar-refractivity contribution in [3.05, 3.63) is 41.4 Å². The van der Waals surface area contributed by atoms with E-state index in [0.717, 1.165) is 17.8 Å². The van der Waals surface area contributed by atoms with E-state index < -0.39 is 0 Å². The molecule has 2 aromatic rings. The van der Waals surface area contributed by atoms with E-state index in [2.05, 4.69) is 36.2 Å². The number of nitrogens with one attached hydrogen (secondary N) is 1. The van der Waals surface area contributed by atoms with Crippen LogP contribution in [0.4, 0.5) is 0 Å². The summed E-state index contributed by atoms with van der Waals surface area (Å²) in [5, 5.41) is 8.28. The van der Waals surface area contributed by atoms with Gasteiger partial charge in [0.05, 0.1) is 23.1 Å². The molecule has 0 aliphatic heterocycles. The summed E-state index contributed by atoms with van der Waals surface area (Å²) in [6, 6.07) is 1.99. The first-order valence-electron chi connectivity index (χ1n) is 5.84. The first-order valence-corrected chi connectivity index (χ1v) is 6.22. The standard InChI is InChI=1S/C13H17ClN4/c1-13(2,3)16-6-10-4-5-15-8-12(10)18-9-11(14)7-17-18/h4-5,7-9,16H,6H2,1-3H3. The third-order valence-corrected chi connectivity index (χ3v) is 2.69. The monoisotopic (exact) mass is 264 g/mol. The van der Waals surface area contributed by atoms with Gasteiger partial charge in [-0.1, -0.05) is 11.6 Å². The van der Waals surface area contributed by atoms with E-state index in [1.165, 1.54) is 0 Å². The van der Waals surface area contributed by atoms with E-state index in [1.807, 2.05) is 6.07 Å². The molecule has 0 aliphatic rings. The summed E-state index contributed by atoms with van der Waals surface area (Å²) in [5.74, 6) is 0. The molecule has 0 unspecified atom stereocenters. The van der Waals surface area contributed by atoms with Crippen LogP contribution in [0.5, 0.6) is 0 Å². The van der Waals surface area contributed by atoms with Crippen LogP contribution in [-0.2, 0) is 6.54 Å². The van der Waals surface area contributed by atoms with Gasteiger partial charge in [-0.2, -0.15) is 5.10 Å². The smallest absolute Gasteiger partial charge is 0.0874 e. The van der Waals surface area contributed by atoms with Crippen LogP contribution < -0.4 is 5.32 Å². The molecule has 0 saturated heterocycles. The molecule has 2 rings (SSSR count). The second-order valence-corrected chi connectivity index (χ2v) is 5.65. The number of rotatable bonds is 3. The zero-order valence-corrected chi connectivity index (χ0v) is 11.6. The average molecular weight is 265 g/mol. The topological polar surface area (TPSA) is 42.7 Å².